The first-order chi connectivity index (χ1) is 9.18. The van der Waals surface area contributed by atoms with Gasteiger partial charge in [0.15, 0.2) is 5.82 Å². The first-order valence-corrected chi connectivity index (χ1v) is 7.47. The number of nitrogens with zero attached hydrogens (tertiary/aromatic N) is 2. The van der Waals surface area contributed by atoms with Gasteiger partial charge in [0.2, 0.25) is 0 Å². The molecule has 1 aliphatic heterocycles. The molecule has 0 amide bonds. The highest BCUT2D eigenvalue weighted by molar-refractivity contribution is 6.30. The van der Waals surface area contributed by atoms with Gasteiger partial charge in [-0.25, -0.2) is 9.97 Å². The third-order valence-electron chi connectivity index (χ3n) is 4.32. The molecule has 2 fully saturated rings. The first kappa shape index (κ1) is 13.3. The molecule has 1 aromatic heterocycles. The zero-order valence-corrected chi connectivity index (χ0v) is 11.7. The summed E-state index contributed by atoms with van der Waals surface area (Å²) in [7, 11) is 0. The van der Waals surface area contributed by atoms with Crippen molar-refractivity contribution in [3.05, 3.63) is 23.2 Å². The molecule has 2 aliphatic rings. The molecule has 1 saturated heterocycles. The van der Waals surface area contributed by atoms with E-state index in [1.165, 1.54) is 12.8 Å². The number of piperidine rings is 1. The topological polar surface area (TPSA) is 58.0 Å². The van der Waals surface area contributed by atoms with Crippen LogP contribution in [0.1, 0.15) is 37.9 Å². The molecule has 4 nitrogen and oxygen atoms in total. The van der Waals surface area contributed by atoms with Crippen molar-refractivity contribution in [2.45, 2.75) is 37.7 Å². The lowest BCUT2D eigenvalue weighted by Gasteiger charge is -2.37. The van der Waals surface area contributed by atoms with Crippen molar-refractivity contribution in [3.8, 4) is 0 Å². The van der Waals surface area contributed by atoms with Gasteiger partial charge in [-0.1, -0.05) is 24.4 Å². The van der Waals surface area contributed by atoms with Gasteiger partial charge in [-0.15, -0.1) is 0 Å². The maximum atomic E-state index is 11.2. The second kappa shape index (κ2) is 5.35. The van der Waals surface area contributed by atoms with Crippen LogP contribution in [0.15, 0.2) is 12.4 Å². The van der Waals surface area contributed by atoms with Crippen molar-refractivity contribution < 1.29 is 5.11 Å². The summed E-state index contributed by atoms with van der Waals surface area (Å²) in [5, 5.41) is 15.1. The average molecular weight is 282 g/mol. The molecule has 1 unspecified atom stereocenters. The third kappa shape index (κ3) is 2.91. The molecule has 104 valence electrons. The molecule has 5 heteroatoms. The van der Waals surface area contributed by atoms with Gasteiger partial charge in [0.25, 0.3) is 0 Å². The van der Waals surface area contributed by atoms with Crippen LogP contribution in [0.5, 0.6) is 0 Å². The van der Waals surface area contributed by atoms with Crippen molar-refractivity contribution in [1.82, 2.24) is 15.3 Å². The Kier molecular flexibility index (Phi) is 3.74. The lowest BCUT2D eigenvalue weighted by Crippen LogP contribution is -2.43. The molecule has 1 aliphatic carbocycles. The molecular formula is C14H20ClN3O. The Morgan fingerprint density at radius 3 is 2.42 bits per heavy atom. The summed E-state index contributed by atoms with van der Waals surface area (Å²) in [5.74, 6) is 1.44. The lowest BCUT2D eigenvalue weighted by molar-refractivity contribution is -0.0554. The zero-order chi connectivity index (χ0) is 13.3. The molecular weight excluding hydrogens is 262 g/mol. The highest BCUT2D eigenvalue weighted by atomic mass is 35.5. The van der Waals surface area contributed by atoms with Crippen LogP contribution in [0.3, 0.4) is 0 Å². The third-order valence-corrected chi connectivity index (χ3v) is 4.51. The molecule has 0 bridgehead atoms. The van der Waals surface area contributed by atoms with E-state index in [4.69, 9.17) is 11.6 Å². The SMILES string of the molecule is OC(CC1CC1)(c1ncc(Cl)cn1)C1CCNCC1. The summed E-state index contributed by atoms with van der Waals surface area (Å²) in [5.41, 5.74) is -0.881. The van der Waals surface area contributed by atoms with E-state index in [0.717, 1.165) is 32.4 Å². The molecule has 1 atom stereocenters. The summed E-state index contributed by atoms with van der Waals surface area (Å²) >= 11 is 5.85. The quantitative estimate of drug-likeness (QED) is 0.888. The fraction of sp³-hybridized carbons (Fsp3) is 0.714. The summed E-state index contributed by atoms with van der Waals surface area (Å²) in [4.78, 5) is 8.59. The van der Waals surface area contributed by atoms with Crippen molar-refractivity contribution >= 4 is 11.6 Å². The van der Waals surface area contributed by atoms with Crippen LogP contribution in [0.2, 0.25) is 5.02 Å². The minimum atomic E-state index is -0.881. The van der Waals surface area contributed by atoms with Gasteiger partial charge in [-0.05, 0) is 44.2 Å². The smallest absolute Gasteiger partial charge is 0.160 e. The normalized spacial score (nSPS) is 24.1. The highest BCUT2D eigenvalue weighted by Crippen LogP contribution is 2.45. The molecule has 1 aromatic rings. The van der Waals surface area contributed by atoms with Gasteiger partial charge in [0.05, 0.1) is 5.02 Å². The Balaban J connectivity index is 1.87. The summed E-state index contributed by atoms with van der Waals surface area (Å²) in [6.45, 7) is 1.93. The number of rotatable bonds is 4. The molecule has 0 aromatic carbocycles. The van der Waals surface area contributed by atoms with Crippen LogP contribution >= 0.6 is 11.6 Å². The van der Waals surface area contributed by atoms with Crippen LogP contribution in [0, 0.1) is 11.8 Å². The van der Waals surface area contributed by atoms with Gasteiger partial charge in [0.1, 0.15) is 5.60 Å². The van der Waals surface area contributed by atoms with Gasteiger partial charge in [-0.2, -0.15) is 0 Å². The number of hydrogen-bond donors (Lipinski definition) is 2. The molecule has 0 radical (unpaired) electrons. The number of aliphatic hydroxyl groups is 1. The maximum Gasteiger partial charge on any atom is 0.160 e. The monoisotopic (exact) mass is 281 g/mol. The van der Waals surface area contributed by atoms with Crippen molar-refractivity contribution in [2.24, 2.45) is 11.8 Å². The fourth-order valence-electron chi connectivity index (χ4n) is 3.04. The predicted octanol–water partition coefficient (Wildman–Crippen LogP) is 2.12. The van der Waals surface area contributed by atoms with E-state index < -0.39 is 5.60 Å². The Labute approximate surface area is 118 Å². The fourth-order valence-corrected chi connectivity index (χ4v) is 3.14. The minimum Gasteiger partial charge on any atom is -0.382 e. The van der Waals surface area contributed by atoms with Gasteiger partial charge in [-0.3, -0.25) is 0 Å². The lowest BCUT2D eigenvalue weighted by atomic mass is 9.77. The van der Waals surface area contributed by atoms with Gasteiger partial charge >= 0.3 is 0 Å². The largest absolute Gasteiger partial charge is 0.382 e. The zero-order valence-electron chi connectivity index (χ0n) is 11.0. The summed E-state index contributed by atoms with van der Waals surface area (Å²) in [6, 6.07) is 0. The van der Waals surface area contributed by atoms with E-state index in [-0.39, 0.29) is 5.92 Å². The number of nitrogens with one attached hydrogen (secondary N) is 1. The number of hydrogen-bond acceptors (Lipinski definition) is 4. The van der Waals surface area contributed by atoms with E-state index in [0.29, 0.717) is 16.8 Å². The van der Waals surface area contributed by atoms with Crippen molar-refractivity contribution in [2.75, 3.05) is 13.1 Å². The standard InChI is InChI=1S/C14H20ClN3O/c15-12-8-17-13(18-9-12)14(19,7-10-1-2-10)11-3-5-16-6-4-11/h8-11,16,19H,1-7H2. The Morgan fingerprint density at radius 2 is 1.84 bits per heavy atom. The minimum absolute atomic E-state index is 0.246. The van der Waals surface area contributed by atoms with Crippen LogP contribution < -0.4 is 5.32 Å². The van der Waals surface area contributed by atoms with Gasteiger partial charge < -0.3 is 10.4 Å². The second-order valence-electron chi connectivity index (χ2n) is 5.82. The molecule has 19 heavy (non-hydrogen) atoms. The molecule has 0 spiro atoms. The maximum absolute atomic E-state index is 11.2. The Bertz CT molecular complexity index is 429. The molecule has 2 heterocycles. The van der Waals surface area contributed by atoms with E-state index in [2.05, 4.69) is 15.3 Å². The Morgan fingerprint density at radius 1 is 1.21 bits per heavy atom. The van der Waals surface area contributed by atoms with E-state index in [1.807, 2.05) is 0 Å². The molecule has 2 N–H and O–H groups in total. The van der Waals surface area contributed by atoms with Gasteiger partial charge in [0, 0.05) is 12.4 Å². The van der Waals surface area contributed by atoms with E-state index >= 15 is 0 Å². The average Bonchev–Trinajstić information content (AvgIpc) is 3.24. The van der Waals surface area contributed by atoms with Crippen LogP contribution in [0.25, 0.3) is 0 Å². The number of halogens is 1. The van der Waals surface area contributed by atoms with Crippen molar-refractivity contribution in [3.63, 3.8) is 0 Å². The highest BCUT2D eigenvalue weighted by Gasteiger charge is 2.45. The van der Waals surface area contributed by atoms with Crippen LogP contribution in [-0.4, -0.2) is 28.2 Å². The Hall–Kier alpha value is -0.710. The first-order valence-electron chi connectivity index (χ1n) is 7.09. The van der Waals surface area contributed by atoms with Crippen LogP contribution in [-0.2, 0) is 5.60 Å². The van der Waals surface area contributed by atoms with E-state index in [1.54, 1.807) is 12.4 Å². The second-order valence-corrected chi connectivity index (χ2v) is 6.26. The number of aromatic nitrogens is 2. The molecule has 1 saturated carbocycles. The summed E-state index contributed by atoms with van der Waals surface area (Å²) < 4.78 is 0. The van der Waals surface area contributed by atoms with Crippen LogP contribution in [0.4, 0.5) is 0 Å². The summed E-state index contributed by atoms with van der Waals surface area (Å²) in [6.07, 6.45) is 8.37. The van der Waals surface area contributed by atoms with Crippen molar-refractivity contribution in [1.29, 1.82) is 0 Å². The molecule has 3 rings (SSSR count). The van der Waals surface area contributed by atoms with E-state index in [9.17, 15) is 5.11 Å². The predicted molar refractivity (Wildman–Crippen MR) is 73.9 cm³/mol.